The van der Waals surface area contributed by atoms with Crippen molar-refractivity contribution in [1.29, 1.82) is 0 Å². The van der Waals surface area contributed by atoms with Crippen LogP contribution < -0.4 is 0 Å². The maximum absolute atomic E-state index is 9.88. The van der Waals surface area contributed by atoms with Crippen LogP contribution in [-0.2, 0) is 6.42 Å². The van der Waals surface area contributed by atoms with E-state index in [0.29, 0.717) is 0 Å². The average molecular weight is 293 g/mol. The van der Waals surface area contributed by atoms with Gasteiger partial charge in [0.25, 0.3) is 0 Å². The number of fused-ring (bicyclic) bond motifs is 1. The molecule has 2 heteroatoms. The Bertz CT molecular complexity index is 639. The van der Waals surface area contributed by atoms with Crippen LogP contribution in [0.15, 0.2) is 54.6 Å². The van der Waals surface area contributed by atoms with Gasteiger partial charge in [0.1, 0.15) is 0 Å². The minimum Gasteiger partial charge on any atom is -0.394 e. The summed E-state index contributed by atoms with van der Waals surface area (Å²) in [6, 6.07) is 19.6. The lowest BCUT2D eigenvalue weighted by Gasteiger charge is -2.36. The molecule has 0 spiro atoms. The Balaban J connectivity index is 1.46. The molecule has 4 rings (SSSR count). The topological polar surface area (TPSA) is 23.5 Å². The predicted octanol–water partition coefficient (Wildman–Crippen LogP) is 3.38. The molecule has 0 saturated heterocycles. The van der Waals surface area contributed by atoms with Gasteiger partial charge >= 0.3 is 0 Å². The fourth-order valence-corrected chi connectivity index (χ4v) is 3.99. The lowest BCUT2D eigenvalue weighted by molar-refractivity contribution is 0.109. The summed E-state index contributed by atoms with van der Waals surface area (Å²) in [6.45, 7) is 2.40. The Morgan fingerprint density at radius 2 is 1.77 bits per heavy atom. The molecule has 0 amide bonds. The van der Waals surface area contributed by atoms with Crippen molar-refractivity contribution < 1.29 is 5.11 Å². The minimum atomic E-state index is 0.182. The molecule has 1 saturated carbocycles. The molecular formula is C20H23NO. The average Bonchev–Trinajstić information content (AvgIpc) is 3.35. The summed E-state index contributed by atoms with van der Waals surface area (Å²) in [7, 11) is 0. The summed E-state index contributed by atoms with van der Waals surface area (Å²) < 4.78 is 0. The van der Waals surface area contributed by atoms with Crippen molar-refractivity contribution in [3.8, 4) is 0 Å². The van der Waals surface area contributed by atoms with E-state index in [2.05, 4.69) is 59.5 Å². The van der Waals surface area contributed by atoms with Crippen molar-refractivity contribution >= 4 is 0 Å². The molecule has 1 aliphatic carbocycles. The zero-order valence-electron chi connectivity index (χ0n) is 12.9. The molecule has 0 unspecified atom stereocenters. The summed E-state index contributed by atoms with van der Waals surface area (Å²) in [5, 5.41) is 9.88. The molecule has 1 N–H and O–H groups in total. The number of hydrogen-bond acceptors (Lipinski definition) is 2. The highest BCUT2D eigenvalue weighted by atomic mass is 16.3. The molecule has 1 fully saturated rings. The normalized spacial score (nSPS) is 27.4. The molecule has 114 valence electrons. The number of aliphatic hydroxyl groups excluding tert-OH is 1. The van der Waals surface area contributed by atoms with Crippen molar-refractivity contribution in [2.45, 2.75) is 24.8 Å². The molecule has 3 atom stereocenters. The van der Waals surface area contributed by atoms with Crippen LogP contribution >= 0.6 is 0 Å². The first-order valence-electron chi connectivity index (χ1n) is 8.34. The van der Waals surface area contributed by atoms with Crippen LogP contribution in [0.4, 0.5) is 0 Å². The third kappa shape index (κ3) is 2.57. The molecule has 2 aromatic rings. The molecule has 1 aliphatic heterocycles. The first-order chi connectivity index (χ1) is 10.9. The molecule has 2 aliphatic rings. The van der Waals surface area contributed by atoms with Gasteiger partial charge in [-0.3, -0.25) is 4.90 Å². The number of hydrogen-bond donors (Lipinski definition) is 1. The maximum Gasteiger partial charge on any atom is 0.0628 e. The summed E-state index contributed by atoms with van der Waals surface area (Å²) in [5.74, 6) is 1.47. The standard InChI is InChI=1S/C20H23NO/c22-14-20-18-9-5-4-8-16(18)10-11-21(20)13-17-12-19(17)15-6-2-1-3-7-15/h1-9,17,19-20,22H,10-14H2/t17-,19-,20-/m0/s1. The lowest BCUT2D eigenvalue weighted by Crippen LogP contribution is -2.38. The van der Waals surface area contributed by atoms with E-state index in [1.807, 2.05) is 0 Å². The summed E-state index contributed by atoms with van der Waals surface area (Å²) in [5.41, 5.74) is 4.21. The Hall–Kier alpha value is -1.64. The van der Waals surface area contributed by atoms with Gasteiger partial charge in [0, 0.05) is 13.1 Å². The minimum absolute atomic E-state index is 0.182. The number of rotatable bonds is 4. The van der Waals surface area contributed by atoms with E-state index in [-0.39, 0.29) is 12.6 Å². The largest absolute Gasteiger partial charge is 0.394 e. The van der Waals surface area contributed by atoms with Gasteiger partial charge < -0.3 is 5.11 Å². The van der Waals surface area contributed by atoms with Gasteiger partial charge in [-0.05, 0) is 41.4 Å². The third-order valence-corrected chi connectivity index (χ3v) is 5.32. The lowest BCUT2D eigenvalue weighted by atomic mass is 9.92. The van der Waals surface area contributed by atoms with E-state index in [9.17, 15) is 5.11 Å². The summed E-state index contributed by atoms with van der Waals surface area (Å²) >= 11 is 0. The molecule has 0 bridgehead atoms. The van der Waals surface area contributed by atoms with Crippen LogP contribution in [0.1, 0.15) is 35.1 Å². The van der Waals surface area contributed by atoms with Crippen molar-refractivity contribution in [2.24, 2.45) is 5.92 Å². The summed E-state index contributed by atoms with van der Waals surface area (Å²) in [4.78, 5) is 2.50. The van der Waals surface area contributed by atoms with Crippen LogP contribution in [-0.4, -0.2) is 29.7 Å². The molecule has 2 nitrogen and oxygen atoms in total. The van der Waals surface area contributed by atoms with Gasteiger partial charge in [-0.15, -0.1) is 0 Å². The van der Waals surface area contributed by atoms with E-state index >= 15 is 0 Å². The first-order valence-corrected chi connectivity index (χ1v) is 8.34. The van der Waals surface area contributed by atoms with E-state index in [1.54, 1.807) is 0 Å². The molecule has 0 aromatic heterocycles. The first kappa shape index (κ1) is 14.0. The zero-order valence-corrected chi connectivity index (χ0v) is 12.9. The fraction of sp³-hybridized carbons (Fsp3) is 0.400. The fourth-order valence-electron chi connectivity index (χ4n) is 3.99. The quantitative estimate of drug-likeness (QED) is 0.934. The van der Waals surface area contributed by atoms with Gasteiger partial charge in [-0.1, -0.05) is 54.6 Å². The molecule has 1 heterocycles. The predicted molar refractivity (Wildman–Crippen MR) is 88.8 cm³/mol. The summed E-state index contributed by atoms with van der Waals surface area (Å²) in [6.07, 6.45) is 2.40. The molecule has 22 heavy (non-hydrogen) atoms. The van der Waals surface area contributed by atoms with E-state index in [4.69, 9.17) is 0 Å². The number of nitrogens with zero attached hydrogens (tertiary/aromatic N) is 1. The Morgan fingerprint density at radius 1 is 1.00 bits per heavy atom. The number of aliphatic hydroxyl groups is 1. The van der Waals surface area contributed by atoms with Crippen molar-refractivity contribution in [1.82, 2.24) is 4.90 Å². The third-order valence-electron chi connectivity index (χ3n) is 5.32. The van der Waals surface area contributed by atoms with Gasteiger partial charge in [-0.2, -0.15) is 0 Å². The van der Waals surface area contributed by atoms with Gasteiger partial charge in [-0.25, -0.2) is 0 Å². The van der Waals surface area contributed by atoms with Crippen LogP contribution in [0.2, 0.25) is 0 Å². The Kier molecular flexibility index (Phi) is 3.73. The number of benzene rings is 2. The Morgan fingerprint density at radius 3 is 2.59 bits per heavy atom. The van der Waals surface area contributed by atoms with Crippen molar-refractivity contribution in [3.63, 3.8) is 0 Å². The van der Waals surface area contributed by atoms with Gasteiger partial charge in [0.05, 0.1) is 12.6 Å². The van der Waals surface area contributed by atoms with Crippen molar-refractivity contribution in [3.05, 3.63) is 71.3 Å². The van der Waals surface area contributed by atoms with E-state index in [0.717, 1.165) is 31.3 Å². The van der Waals surface area contributed by atoms with Crippen LogP contribution in [0.3, 0.4) is 0 Å². The smallest absolute Gasteiger partial charge is 0.0628 e. The highest BCUT2D eigenvalue weighted by Crippen LogP contribution is 2.48. The molecular weight excluding hydrogens is 270 g/mol. The second-order valence-electron chi connectivity index (χ2n) is 6.66. The maximum atomic E-state index is 9.88. The van der Waals surface area contributed by atoms with Gasteiger partial charge in [0.2, 0.25) is 0 Å². The Labute approximate surface area is 132 Å². The SMILES string of the molecule is OC[C@H]1c2ccccc2CCN1C[C@@H]1C[C@H]1c1ccccc1. The molecule has 2 aromatic carbocycles. The monoisotopic (exact) mass is 293 g/mol. The van der Waals surface area contributed by atoms with Gasteiger partial charge in [0.15, 0.2) is 0 Å². The van der Waals surface area contributed by atoms with E-state index in [1.165, 1.54) is 23.1 Å². The van der Waals surface area contributed by atoms with Crippen LogP contribution in [0, 0.1) is 5.92 Å². The van der Waals surface area contributed by atoms with Crippen LogP contribution in [0.25, 0.3) is 0 Å². The molecule has 0 radical (unpaired) electrons. The van der Waals surface area contributed by atoms with Crippen LogP contribution in [0.5, 0.6) is 0 Å². The zero-order chi connectivity index (χ0) is 14.9. The second kappa shape index (κ2) is 5.86. The highest BCUT2D eigenvalue weighted by Gasteiger charge is 2.41. The van der Waals surface area contributed by atoms with Crippen molar-refractivity contribution in [2.75, 3.05) is 19.7 Å². The second-order valence-corrected chi connectivity index (χ2v) is 6.66. The van der Waals surface area contributed by atoms with E-state index < -0.39 is 0 Å². The highest BCUT2D eigenvalue weighted by molar-refractivity contribution is 5.33.